The summed E-state index contributed by atoms with van der Waals surface area (Å²) >= 11 is 0. The fraction of sp³-hybridized carbons (Fsp3) is 0.458. The molecule has 3 rings (SSSR count). The second-order valence-corrected chi connectivity index (χ2v) is 8.83. The molecule has 0 saturated carbocycles. The molecule has 0 spiro atoms. The Labute approximate surface area is 162 Å². The van der Waals surface area contributed by atoms with Crippen molar-refractivity contribution in [3.8, 4) is 11.1 Å². The van der Waals surface area contributed by atoms with E-state index < -0.39 is 0 Å². The van der Waals surface area contributed by atoms with Gasteiger partial charge in [-0.05, 0) is 60.2 Å². The van der Waals surface area contributed by atoms with Crippen LogP contribution in [0.3, 0.4) is 0 Å². The average molecular weight is 365 g/mol. The van der Waals surface area contributed by atoms with Crippen LogP contribution in [0.25, 0.3) is 16.0 Å². The monoisotopic (exact) mass is 364 g/mol. The highest BCUT2D eigenvalue weighted by Crippen LogP contribution is 2.47. The van der Waals surface area contributed by atoms with Crippen molar-refractivity contribution >= 4 is 0 Å². The van der Waals surface area contributed by atoms with Crippen LogP contribution in [0, 0.1) is 23.2 Å². The number of benzene rings is 2. The van der Waals surface area contributed by atoms with Gasteiger partial charge in [-0.2, -0.15) is 0 Å². The second-order valence-electron chi connectivity index (χ2n) is 8.83. The molecule has 2 nitrogen and oxygen atoms in total. The van der Waals surface area contributed by atoms with Gasteiger partial charge in [-0.15, -0.1) is 0 Å². The Kier molecular flexibility index (Phi) is 5.67. The highest BCUT2D eigenvalue weighted by molar-refractivity contribution is 5.63. The molecule has 1 saturated heterocycles. The highest BCUT2D eigenvalue weighted by Gasteiger charge is 2.46. The van der Waals surface area contributed by atoms with Crippen LogP contribution in [0.5, 0.6) is 0 Å². The van der Waals surface area contributed by atoms with Gasteiger partial charge in [0.25, 0.3) is 0 Å². The first-order chi connectivity index (χ1) is 12.8. The third-order valence-electron chi connectivity index (χ3n) is 6.30. The van der Waals surface area contributed by atoms with E-state index in [9.17, 15) is 4.39 Å². The maximum Gasteiger partial charge on any atom is 0.220 e. The molecule has 0 aliphatic carbocycles. The number of halogens is 1. The van der Waals surface area contributed by atoms with Crippen LogP contribution in [-0.4, -0.2) is 24.5 Å². The van der Waals surface area contributed by atoms with Gasteiger partial charge in [0, 0.05) is 12.0 Å². The Hall–Kier alpha value is -2.18. The largest absolute Gasteiger partial charge is 0.316 e. The zero-order valence-corrected chi connectivity index (χ0v) is 16.6. The van der Waals surface area contributed by atoms with Crippen molar-refractivity contribution < 1.29 is 4.39 Å². The zero-order valence-electron chi connectivity index (χ0n) is 16.6. The molecule has 2 aromatic carbocycles. The normalized spacial score (nSPS) is 17.4. The third-order valence-corrected chi connectivity index (χ3v) is 6.30. The molecular formula is C24H29FN2. The van der Waals surface area contributed by atoms with E-state index in [-0.39, 0.29) is 16.6 Å². The van der Waals surface area contributed by atoms with E-state index in [1.54, 1.807) is 12.1 Å². The van der Waals surface area contributed by atoms with Gasteiger partial charge in [0.2, 0.25) is 6.54 Å². The van der Waals surface area contributed by atoms with Crippen molar-refractivity contribution in [1.29, 1.82) is 0 Å². The van der Waals surface area contributed by atoms with E-state index in [0.717, 1.165) is 43.6 Å². The molecule has 2 aromatic rings. The predicted octanol–water partition coefficient (Wildman–Crippen LogP) is 6.04. The minimum atomic E-state index is -0.202. The molecule has 0 N–H and O–H groups in total. The van der Waals surface area contributed by atoms with Crippen LogP contribution in [-0.2, 0) is 6.54 Å². The Morgan fingerprint density at radius 3 is 2.26 bits per heavy atom. The Morgan fingerprint density at radius 1 is 1.04 bits per heavy atom. The number of piperidine rings is 1. The topological polar surface area (TPSA) is 7.60 Å². The highest BCUT2D eigenvalue weighted by atomic mass is 19.1. The number of hydrogen-bond acceptors (Lipinski definition) is 1. The van der Waals surface area contributed by atoms with Crippen molar-refractivity contribution in [2.45, 2.75) is 40.2 Å². The first kappa shape index (κ1) is 19.6. The van der Waals surface area contributed by atoms with Crippen molar-refractivity contribution in [2.24, 2.45) is 10.8 Å². The fourth-order valence-corrected chi connectivity index (χ4v) is 4.16. The van der Waals surface area contributed by atoms with Gasteiger partial charge in [0.15, 0.2) is 0 Å². The number of hydrogen-bond donors (Lipinski definition) is 0. The lowest BCUT2D eigenvalue weighted by Gasteiger charge is -2.46. The van der Waals surface area contributed by atoms with Crippen molar-refractivity contribution in [3.05, 3.63) is 71.3 Å². The standard InChI is InChI=1S/C24H29FN2/c1-23(2,3)24(18-26-4)12-14-27(15-13-24)17-19-8-10-20(11-9-19)21-6-5-7-22(25)16-21/h5-11,16H,12-15,17-18H2,1-3H3. The SMILES string of the molecule is [C-]#[N+]CC1(C(C)(C)C)CCN(Cc2ccc(-c3cccc(F)c3)cc2)CC1. The number of rotatable bonds is 4. The summed E-state index contributed by atoms with van der Waals surface area (Å²) in [6.07, 6.45) is 2.17. The van der Waals surface area contributed by atoms with E-state index in [0.29, 0.717) is 6.54 Å². The lowest BCUT2D eigenvalue weighted by Crippen LogP contribution is -2.47. The van der Waals surface area contributed by atoms with Gasteiger partial charge in [-0.25, -0.2) is 11.0 Å². The molecule has 1 heterocycles. The molecule has 1 aliphatic heterocycles. The first-order valence-corrected chi connectivity index (χ1v) is 9.73. The van der Waals surface area contributed by atoms with Gasteiger partial charge in [0.05, 0.1) is 0 Å². The van der Waals surface area contributed by atoms with Crippen LogP contribution in [0.4, 0.5) is 4.39 Å². The predicted molar refractivity (Wildman–Crippen MR) is 110 cm³/mol. The van der Waals surface area contributed by atoms with Crippen molar-refractivity contribution in [2.75, 3.05) is 19.6 Å². The summed E-state index contributed by atoms with van der Waals surface area (Å²) in [4.78, 5) is 6.25. The summed E-state index contributed by atoms with van der Waals surface area (Å²) in [5.74, 6) is -0.202. The van der Waals surface area contributed by atoms with E-state index in [1.165, 1.54) is 11.6 Å². The lowest BCUT2D eigenvalue weighted by molar-refractivity contribution is 0.0173. The summed E-state index contributed by atoms with van der Waals surface area (Å²) in [5.41, 5.74) is 3.53. The number of likely N-dealkylation sites (tertiary alicyclic amines) is 1. The molecule has 0 amide bonds. The first-order valence-electron chi connectivity index (χ1n) is 9.73. The van der Waals surface area contributed by atoms with Gasteiger partial charge in [-0.3, -0.25) is 4.90 Å². The third kappa shape index (κ3) is 4.39. The van der Waals surface area contributed by atoms with Gasteiger partial charge in [-0.1, -0.05) is 57.2 Å². The molecule has 1 aliphatic rings. The maximum atomic E-state index is 13.4. The van der Waals surface area contributed by atoms with Crippen LogP contribution >= 0.6 is 0 Å². The zero-order chi connectivity index (χ0) is 19.5. The summed E-state index contributed by atoms with van der Waals surface area (Å²) in [7, 11) is 0. The number of nitrogens with zero attached hydrogens (tertiary/aromatic N) is 2. The quantitative estimate of drug-likeness (QED) is 0.600. The van der Waals surface area contributed by atoms with Crippen molar-refractivity contribution in [1.82, 2.24) is 4.90 Å². The summed E-state index contributed by atoms with van der Waals surface area (Å²) < 4.78 is 13.4. The van der Waals surface area contributed by atoms with Crippen LogP contribution in [0.15, 0.2) is 48.5 Å². The molecule has 142 valence electrons. The van der Waals surface area contributed by atoms with E-state index in [1.807, 2.05) is 6.07 Å². The van der Waals surface area contributed by atoms with Gasteiger partial charge >= 0.3 is 0 Å². The molecule has 0 aromatic heterocycles. The molecule has 0 atom stereocenters. The molecule has 0 bridgehead atoms. The molecule has 1 fully saturated rings. The Morgan fingerprint density at radius 2 is 1.70 bits per heavy atom. The summed E-state index contributed by atoms with van der Waals surface area (Å²) in [5, 5.41) is 0. The summed E-state index contributed by atoms with van der Waals surface area (Å²) in [6.45, 7) is 17.8. The molecule has 0 unspecified atom stereocenters. The minimum Gasteiger partial charge on any atom is -0.316 e. The smallest absolute Gasteiger partial charge is 0.220 e. The van der Waals surface area contributed by atoms with E-state index >= 15 is 0 Å². The Balaban J connectivity index is 1.63. The van der Waals surface area contributed by atoms with E-state index in [4.69, 9.17) is 6.57 Å². The van der Waals surface area contributed by atoms with Crippen LogP contribution in [0.1, 0.15) is 39.2 Å². The second kappa shape index (κ2) is 7.82. The maximum absolute atomic E-state index is 13.4. The molecule has 3 heteroatoms. The molecule has 27 heavy (non-hydrogen) atoms. The lowest BCUT2D eigenvalue weighted by atomic mass is 9.61. The van der Waals surface area contributed by atoms with E-state index in [2.05, 4.69) is 54.8 Å². The molecular weight excluding hydrogens is 335 g/mol. The van der Waals surface area contributed by atoms with Crippen LogP contribution < -0.4 is 0 Å². The Bertz CT molecular complexity index is 804. The minimum absolute atomic E-state index is 0.131. The van der Waals surface area contributed by atoms with Crippen molar-refractivity contribution in [3.63, 3.8) is 0 Å². The van der Waals surface area contributed by atoms with Gasteiger partial charge < -0.3 is 4.85 Å². The molecule has 0 radical (unpaired) electrons. The van der Waals surface area contributed by atoms with Crippen LogP contribution in [0.2, 0.25) is 0 Å². The summed E-state index contributed by atoms with van der Waals surface area (Å²) in [6, 6.07) is 15.2. The fourth-order valence-electron chi connectivity index (χ4n) is 4.16. The van der Waals surface area contributed by atoms with Gasteiger partial charge in [0.1, 0.15) is 5.82 Å². The average Bonchev–Trinajstić information content (AvgIpc) is 2.63.